The van der Waals surface area contributed by atoms with Gasteiger partial charge in [-0.2, -0.15) is 5.10 Å². The van der Waals surface area contributed by atoms with Gasteiger partial charge in [-0.1, -0.05) is 42.8 Å². The number of rotatable bonds is 4. The number of nitrogens with zero attached hydrogens (tertiary/aromatic N) is 3. The van der Waals surface area contributed by atoms with Crippen LogP contribution < -0.4 is 15.8 Å². The van der Waals surface area contributed by atoms with E-state index in [0.717, 1.165) is 36.3 Å². The molecule has 7 heteroatoms. The number of amides is 1. The number of halogens is 1. The van der Waals surface area contributed by atoms with Gasteiger partial charge in [-0.25, -0.2) is 4.68 Å². The molecule has 30 heavy (non-hydrogen) atoms. The Hall–Kier alpha value is -2.86. The first-order chi connectivity index (χ1) is 14.4. The number of hydrogen-bond donors (Lipinski definition) is 1. The van der Waals surface area contributed by atoms with Gasteiger partial charge in [0.1, 0.15) is 6.54 Å². The fourth-order valence-electron chi connectivity index (χ4n) is 4.01. The predicted octanol–water partition coefficient (Wildman–Crippen LogP) is 4.23. The van der Waals surface area contributed by atoms with Crippen molar-refractivity contribution in [3.05, 3.63) is 63.4 Å². The summed E-state index contributed by atoms with van der Waals surface area (Å²) in [6.07, 6.45) is 2.28. The van der Waals surface area contributed by atoms with Crippen molar-refractivity contribution in [2.24, 2.45) is 5.92 Å². The molecule has 3 aromatic rings. The molecule has 2 aromatic carbocycles. The third-order valence-electron chi connectivity index (χ3n) is 5.64. The molecule has 1 amide bonds. The normalized spacial score (nSPS) is 16.6. The SMILES string of the molecule is Cc1c(Cl)cccc1NC(=O)Cn1nc(N2CCCC(C)C2)c2ccccc2c1=O. The fourth-order valence-corrected chi connectivity index (χ4v) is 4.18. The van der Waals surface area contributed by atoms with Crippen LogP contribution >= 0.6 is 11.6 Å². The van der Waals surface area contributed by atoms with Crippen LogP contribution in [0.25, 0.3) is 10.8 Å². The molecule has 0 bridgehead atoms. The molecule has 4 rings (SSSR count). The van der Waals surface area contributed by atoms with Crippen molar-refractivity contribution in [2.45, 2.75) is 33.2 Å². The Balaban J connectivity index is 1.68. The first kappa shape index (κ1) is 20.4. The molecular formula is C23H25ClN4O2. The average Bonchev–Trinajstić information content (AvgIpc) is 2.73. The molecule has 1 aromatic heterocycles. The number of carbonyl (C=O) groups is 1. The van der Waals surface area contributed by atoms with E-state index in [-0.39, 0.29) is 18.0 Å². The van der Waals surface area contributed by atoms with Gasteiger partial charge in [-0.3, -0.25) is 9.59 Å². The zero-order valence-corrected chi connectivity index (χ0v) is 17.9. The maximum absolute atomic E-state index is 13.0. The molecule has 1 fully saturated rings. The van der Waals surface area contributed by atoms with Crippen molar-refractivity contribution in [3.8, 4) is 0 Å². The van der Waals surface area contributed by atoms with Crippen LogP contribution in [0.5, 0.6) is 0 Å². The van der Waals surface area contributed by atoms with Crippen LogP contribution in [-0.2, 0) is 11.3 Å². The molecular weight excluding hydrogens is 400 g/mol. The van der Waals surface area contributed by atoms with Crippen LogP contribution in [0.1, 0.15) is 25.3 Å². The Morgan fingerprint density at radius 1 is 1.20 bits per heavy atom. The summed E-state index contributed by atoms with van der Waals surface area (Å²) in [4.78, 5) is 28.0. The maximum Gasteiger partial charge on any atom is 0.275 e. The van der Waals surface area contributed by atoms with Crippen LogP contribution in [0, 0.1) is 12.8 Å². The van der Waals surface area contributed by atoms with Gasteiger partial charge >= 0.3 is 0 Å². The lowest BCUT2D eigenvalue weighted by molar-refractivity contribution is -0.117. The van der Waals surface area contributed by atoms with E-state index >= 15 is 0 Å². The Labute approximate surface area is 180 Å². The van der Waals surface area contributed by atoms with Gasteiger partial charge in [0, 0.05) is 29.2 Å². The minimum atomic E-state index is -0.316. The van der Waals surface area contributed by atoms with Gasteiger partial charge in [0.05, 0.1) is 5.39 Å². The van der Waals surface area contributed by atoms with E-state index < -0.39 is 0 Å². The number of anilines is 2. The van der Waals surface area contributed by atoms with E-state index in [2.05, 4.69) is 22.2 Å². The van der Waals surface area contributed by atoms with Gasteiger partial charge in [0.2, 0.25) is 5.91 Å². The highest BCUT2D eigenvalue weighted by Crippen LogP contribution is 2.27. The lowest BCUT2D eigenvalue weighted by Gasteiger charge is -2.32. The minimum Gasteiger partial charge on any atom is -0.354 e. The second-order valence-corrected chi connectivity index (χ2v) is 8.39. The number of benzene rings is 2. The quantitative estimate of drug-likeness (QED) is 0.680. The van der Waals surface area contributed by atoms with Crippen molar-refractivity contribution >= 4 is 39.8 Å². The molecule has 1 atom stereocenters. The number of nitrogens with one attached hydrogen (secondary N) is 1. The number of fused-ring (bicyclic) bond motifs is 1. The van der Waals surface area contributed by atoms with Crippen LogP contribution in [0.2, 0.25) is 5.02 Å². The summed E-state index contributed by atoms with van der Waals surface area (Å²) in [6, 6.07) is 12.8. The van der Waals surface area contributed by atoms with Gasteiger partial charge < -0.3 is 10.2 Å². The van der Waals surface area contributed by atoms with E-state index in [0.29, 0.717) is 22.0 Å². The highest BCUT2D eigenvalue weighted by atomic mass is 35.5. The summed E-state index contributed by atoms with van der Waals surface area (Å²) in [6.45, 7) is 5.70. The van der Waals surface area contributed by atoms with Crippen molar-refractivity contribution in [1.82, 2.24) is 9.78 Å². The third kappa shape index (κ3) is 4.05. The summed E-state index contributed by atoms with van der Waals surface area (Å²) in [5, 5.41) is 9.46. The lowest BCUT2D eigenvalue weighted by Crippen LogP contribution is -2.38. The van der Waals surface area contributed by atoms with Crippen molar-refractivity contribution in [1.29, 1.82) is 0 Å². The highest BCUT2D eigenvalue weighted by Gasteiger charge is 2.22. The molecule has 156 valence electrons. The van der Waals surface area contributed by atoms with Gasteiger partial charge in [0.25, 0.3) is 5.56 Å². The van der Waals surface area contributed by atoms with E-state index in [9.17, 15) is 9.59 Å². The zero-order chi connectivity index (χ0) is 21.3. The summed E-state index contributed by atoms with van der Waals surface area (Å²) in [7, 11) is 0. The fraction of sp³-hybridized carbons (Fsp3) is 0.348. The third-order valence-corrected chi connectivity index (χ3v) is 6.05. The Morgan fingerprint density at radius 3 is 2.73 bits per heavy atom. The number of aromatic nitrogens is 2. The number of hydrogen-bond acceptors (Lipinski definition) is 4. The molecule has 1 unspecified atom stereocenters. The predicted molar refractivity (Wildman–Crippen MR) is 121 cm³/mol. The minimum absolute atomic E-state index is 0.161. The van der Waals surface area contributed by atoms with Crippen LogP contribution in [0.3, 0.4) is 0 Å². The molecule has 1 saturated heterocycles. The first-order valence-corrected chi connectivity index (χ1v) is 10.6. The number of carbonyl (C=O) groups excluding carboxylic acids is 1. The van der Waals surface area contributed by atoms with Crippen LogP contribution in [-0.4, -0.2) is 28.8 Å². The molecule has 0 aliphatic carbocycles. The number of piperidine rings is 1. The topological polar surface area (TPSA) is 67.2 Å². The van der Waals surface area contributed by atoms with Crippen molar-refractivity contribution in [2.75, 3.05) is 23.3 Å². The summed E-state index contributed by atoms with van der Waals surface area (Å²) in [5.41, 5.74) is 1.15. The molecule has 2 heterocycles. The van der Waals surface area contributed by atoms with Crippen LogP contribution in [0.4, 0.5) is 11.5 Å². The Kier molecular flexibility index (Phi) is 5.77. The zero-order valence-electron chi connectivity index (χ0n) is 17.2. The highest BCUT2D eigenvalue weighted by molar-refractivity contribution is 6.31. The van der Waals surface area contributed by atoms with E-state index in [1.807, 2.05) is 25.1 Å². The van der Waals surface area contributed by atoms with Gasteiger partial charge in [-0.15, -0.1) is 0 Å². The average molecular weight is 425 g/mol. The van der Waals surface area contributed by atoms with Crippen molar-refractivity contribution < 1.29 is 4.79 Å². The van der Waals surface area contributed by atoms with E-state index in [1.165, 1.54) is 11.1 Å². The maximum atomic E-state index is 13.0. The second kappa shape index (κ2) is 8.48. The second-order valence-electron chi connectivity index (χ2n) is 7.99. The van der Waals surface area contributed by atoms with Crippen molar-refractivity contribution in [3.63, 3.8) is 0 Å². The summed E-state index contributed by atoms with van der Waals surface area (Å²) in [5.74, 6) is 1.01. The molecule has 1 aliphatic rings. The molecule has 1 aliphatic heterocycles. The monoisotopic (exact) mass is 424 g/mol. The Bertz CT molecular complexity index is 1160. The standard InChI is InChI=1S/C23H25ClN4O2/c1-15-7-6-12-27(13-15)22-17-8-3-4-9-18(17)23(30)28(26-22)14-21(29)25-20-11-5-10-19(24)16(20)2/h3-5,8-11,15H,6-7,12-14H2,1-2H3,(H,25,29). The first-order valence-electron chi connectivity index (χ1n) is 10.2. The lowest BCUT2D eigenvalue weighted by atomic mass is 10.00. The van der Waals surface area contributed by atoms with E-state index in [4.69, 9.17) is 11.6 Å². The summed E-state index contributed by atoms with van der Waals surface area (Å²) >= 11 is 6.14. The molecule has 0 saturated carbocycles. The molecule has 0 spiro atoms. The molecule has 1 N–H and O–H groups in total. The van der Waals surface area contributed by atoms with Gasteiger partial charge in [-0.05, 0) is 49.4 Å². The Morgan fingerprint density at radius 2 is 1.97 bits per heavy atom. The largest absolute Gasteiger partial charge is 0.354 e. The molecule has 0 radical (unpaired) electrons. The molecule has 6 nitrogen and oxygen atoms in total. The van der Waals surface area contributed by atoms with Crippen LogP contribution in [0.15, 0.2) is 47.3 Å². The summed E-state index contributed by atoms with van der Waals surface area (Å²) < 4.78 is 1.27. The van der Waals surface area contributed by atoms with Gasteiger partial charge in [0.15, 0.2) is 5.82 Å². The van der Waals surface area contributed by atoms with E-state index in [1.54, 1.807) is 24.3 Å². The smallest absolute Gasteiger partial charge is 0.275 e.